The van der Waals surface area contributed by atoms with Gasteiger partial charge >= 0.3 is 0 Å². The van der Waals surface area contributed by atoms with Crippen LogP contribution in [-0.2, 0) is 10.2 Å². The molecule has 2 aromatic rings. The van der Waals surface area contributed by atoms with Crippen molar-refractivity contribution >= 4 is 5.91 Å². The van der Waals surface area contributed by atoms with Gasteiger partial charge in [0.15, 0.2) is 17.6 Å². The summed E-state index contributed by atoms with van der Waals surface area (Å²) in [6, 6.07) is 15.7. The Morgan fingerprint density at radius 1 is 1.04 bits per heavy atom. The molecule has 0 radical (unpaired) electrons. The van der Waals surface area contributed by atoms with E-state index in [0.717, 1.165) is 5.56 Å². The highest BCUT2D eigenvalue weighted by Crippen LogP contribution is 2.28. The molecule has 0 spiro atoms. The van der Waals surface area contributed by atoms with Gasteiger partial charge in [-0.25, -0.2) is 0 Å². The van der Waals surface area contributed by atoms with E-state index in [-0.39, 0.29) is 17.4 Å². The largest absolute Gasteiger partial charge is 0.493 e. The van der Waals surface area contributed by atoms with E-state index in [2.05, 4.69) is 50.4 Å². The minimum absolute atomic E-state index is 0.0955. The zero-order valence-corrected chi connectivity index (χ0v) is 17.2. The van der Waals surface area contributed by atoms with Gasteiger partial charge in [-0.05, 0) is 42.0 Å². The van der Waals surface area contributed by atoms with Crippen LogP contribution in [0.25, 0.3) is 0 Å². The third kappa shape index (κ3) is 5.49. The van der Waals surface area contributed by atoms with E-state index in [1.807, 2.05) is 38.1 Å². The highest BCUT2D eigenvalue weighted by atomic mass is 16.5. The van der Waals surface area contributed by atoms with Crippen LogP contribution in [0.15, 0.2) is 48.5 Å². The number of methoxy groups -OCH3 is 1. The zero-order chi connectivity index (χ0) is 20.0. The maximum atomic E-state index is 12.7. The molecule has 2 aromatic carbocycles. The molecule has 2 rings (SSSR count). The molecule has 1 N–H and O–H groups in total. The van der Waals surface area contributed by atoms with Crippen LogP contribution in [-0.4, -0.2) is 19.1 Å². The fourth-order valence-corrected chi connectivity index (χ4v) is 2.85. The van der Waals surface area contributed by atoms with E-state index in [4.69, 9.17) is 9.47 Å². The van der Waals surface area contributed by atoms with E-state index < -0.39 is 6.10 Å². The number of rotatable bonds is 7. The third-order valence-corrected chi connectivity index (χ3v) is 4.64. The van der Waals surface area contributed by atoms with Crippen molar-refractivity contribution in [1.82, 2.24) is 5.32 Å². The maximum absolute atomic E-state index is 12.7. The van der Waals surface area contributed by atoms with E-state index >= 15 is 0 Å². The van der Waals surface area contributed by atoms with Gasteiger partial charge in [-0.15, -0.1) is 0 Å². The van der Waals surface area contributed by atoms with Gasteiger partial charge in [0.05, 0.1) is 13.2 Å². The Kier molecular flexibility index (Phi) is 6.89. The first-order chi connectivity index (χ1) is 12.8. The molecule has 4 nitrogen and oxygen atoms in total. The molecule has 0 aliphatic rings. The Balaban J connectivity index is 2.05. The molecule has 2 atom stereocenters. The van der Waals surface area contributed by atoms with Crippen LogP contribution in [0.4, 0.5) is 0 Å². The summed E-state index contributed by atoms with van der Waals surface area (Å²) in [5.41, 5.74) is 2.46. The minimum atomic E-state index is -0.572. The minimum Gasteiger partial charge on any atom is -0.493 e. The summed E-state index contributed by atoms with van der Waals surface area (Å²) < 4.78 is 11.2. The molecule has 0 aromatic heterocycles. The summed E-state index contributed by atoms with van der Waals surface area (Å²) >= 11 is 0. The van der Waals surface area contributed by atoms with Crippen LogP contribution < -0.4 is 14.8 Å². The zero-order valence-electron chi connectivity index (χ0n) is 17.2. The summed E-state index contributed by atoms with van der Waals surface area (Å²) in [6.45, 7) is 10.5. The predicted octanol–water partition coefficient (Wildman–Crippen LogP) is 5.03. The molecular weight excluding hydrogens is 338 g/mol. The number of para-hydroxylation sites is 2. The SMILES string of the molecule is CC[C@H](Oc1ccccc1OC)C(=O)N[C@H](C)c1ccc(C(C)(C)C)cc1. The van der Waals surface area contributed by atoms with Crippen LogP contribution >= 0.6 is 0 Å². The van der Waals surface area contributed by atoms with Crippen molar-refractivity contribution in [3.8, 4) is 11.5 Å². The van der Waals surface area contributed by atoms with Gasteiger partial charge < -0.3 is 14.8 Å². The van der Waals surface area contributed by atoms with Crippen LogP contribution in [0, 0.1) is 0 Å². The van der Waals surface area contributed by atoms with Crippen molar-refractivity contribution in [3.63, 3.8) is 0 Å². The summed E-state index contributed by atoms with van der Waals surface area (Å²) in [5.74, 6) is 1.06. The van der Waals surface area contributed by atoms with E-state index in [1.165, 1.54) is 5.56 Å². The highest BCUT2D eigenvalue weighted by molar-refractivity contribution is 5.81. The molecule has 4 heteroatoms. The fourth-order valence-electron chi connectivity index (χ4n) is 2.85. The molecule has 0 aliphatic carbocycles. The lowest BCUT2D eigenvalue weighted by atomic mass is 9.86. The van der Waals surface area contributed by atoms with Gasteiger partial charge in [0, 0.05) is 0 Å². The molecule has 0 heterocycles. The number of carbonyl (C=O) groups is 1. The lowest BCUT2D eigenvalue weighted by Crippen LogP contribution is -2.39. The highest BCUT2D eigenvalue weighted by Gasteiger charge is 2.22. The Morgan fingerprint density at radius 2 is 1.63 bits per heavy atom. The first kappa shape index (κ1) is 20.8. The summed E-state index contributed by atoms with van der Waals surface area (Å²) in [6.07, 6.45) is -0.00266. The Hall–Kier alpha value is -2.49. The Labute approximate surface area is 162 Å². The molecule has 0 bridgehead atoms. The second-order valence-electron chi connectivity index (χ2n) is 7.77. The van der Waals surface area contributed by atoms with Crippen molar-refractivity contribution in [1.29, 1.82) is 0 Å². The molecule has 0 fully saturated rings. The molecule has 0 aliphatic heterocycles. The fraction of sp³-hybridized carbons (Fsp3) is 0.435. The van der Waals surface area contributed by atoms with Crippen molar-refractivity contribution < 1.29 is 14.3 Å². The molecule has 0 unspecified atom stereocenters. The predicted molar refractivity (Wildman–Crippen MR) is 109 cm³/mol. The van der Waals surface area contributed by atoms with Crippen molar-refractivity contribution in [2.24, 2.45) is 0 Å². The van der Waals surface area contributed by atoms with Gasteiger partial charge in [-0.3, -0.25) is 4.79 Å². The van der Waals surface area contributed by atoms with Gasteiger partial charge in [-0.2, -0.15) is 0 Å². The molecule has 0 saturated carbocycles. The van der Waals surface area contributed by atoms with Gasteiger partial charge in [0.25, 0.3) is 5.91 Å². The average molecular weight is 370 g/mol. The molecule has 1 amide bonds. The lowest BCUT2D eigenvalue weighted by molar-refractivity contribution is -0.128. The van der Waals surface area contributed by atoms with Crippen molar-refractivity contribution in [2.75, 3.05) is 7.11 Å². The number of hydrogen-bond acceptors (Lipinski definition) is 3. The topological polar surface area (TPSA) is 47.6 Å². The van der Waals surface area contributed by atoms with Gasteiger partial charge in [0.1, 0.15) is 0 Å². The normalized spacial score (nSPS) is 13.6. The average Bonchev–Trinajstić information content (AvgIpc) is 2.65. The number of nitrogens with one attached hydrogen (secondary N) is 1. The summed E-state index contributed by atoms with van der Waals surface area (Å²) in [4.78, 5) is 12.7. The quantitative estimate of drug-likeness (QED) is 0.745. The lowest BCUT2D eigenvalue weighted by Gasteiger charge is -2.23. The summed E-state index contributed by atoms with van der Waals surface area (Å²) in [7, 11) is 1.59. The summed E-state index contributed by atoms with van der Waals surface area (Å²) in [5, 5.41) is 3.06. The standard InChI is InChI=1S/C23H31NO3/c1-7-19(27-21-11-9-8-10-20(21)26-6)22(25)24-16(2)17-12-14-18(15-13-17)23(3,4)5/h8-16,19H,7H2,1-6H3,(H,24,25)/t16-,19+/m1/s1. The molecule has 27 heavy (non-hydrogen) atoms. The molecular formula is C23H31NO3. The van der Waals surface area contributed by atoms with E-state index in [9.17, 15) is 4.79 Å². The first-order valence-corrected chi connectivity index (χ1v) is 9.46. The second-order valence-corrected chi connectivity index (χ2v) is 7.77. The third-order valence-electron chi connectivity index (χ3n) is 4.64. The first-order valence-electron chi connectivity index (χ1n) is 9.46. The van der Waals surface area contributed by atoms with Crippen molar-refractivity contribution in [3.05, 3.63) is 59.7 Å². The van der Waals surface area contributed by atoms with Crippen LogP contribution in [0.3, 0.4) is 0 Å². The number of carbonyl (C=O) groups excluding carboxylic acids is 1. The molecule has 0 saturated heterocycles. The van der Waals surface area contributed by atoms with Gasteiger partial charge in [0.2, 0.25) is 0 Å². The van der Waals surface area contributed by atoms with Crippen LogP contribution in [0.2, 0.25) is 0 Å². The van der Waals surface area contributed by atoms with E-state index in [1.54, 1.807) is 7.11 Å². The van der Waals surface area contributed by atoms with Gasteiger partial charge in [-0.1, -0.05) is 64.1 Å². The number of amides is 1. The maximum Gasteiger partial charge on any atom is 0.261 e. The second kappa shape index (κ2) is 8.94. The smallest absolute Gasteiger partial charge is 0.261 e. The van der Waals surface area contributed by atoms with Crippen molar-refractivity contribution in [2.45, 2.75) is 58.6 Å². The van der Waals surface area contributed by atoms with E-state index in [0.29, 0.717) is 17.9 Å². The monoisotopic (exact) mass is 369 g/mol. The molecule has 146 valence electrons. The van der Waals surface area contributed by atoms with Crippen LogP contribution in [0.5, 0.6) is 11.5 Å². The number of benzene rings is 2. The Morgan fingerprint density at radius 3 is 2.15 bits per heavy atom. The Bertz CT molecular complexity index is 747. The number of hydrogen-bond donors (Lipinski definition) is 1. The van der Waals surface area contributed by atoms with Crippen LogP contribution in [0.1, 0.15) is 58.2 Å². The number of ether oxygens (including phenoxy) is 2.